The molecule has 0 N–H and O–H groups in total. The summed E-state index contributed by atoms with van der Waals surface area (Å²) in [6.07, 6.45) is 8.86. The zero-order chi connectivity index (χ0) is 23.3. The maximum atomic E-state index is 13.1. The highest BCUT2D eigenvalue weighted by molar-refractivity contribution is 6.07. The summed E-state index contributed by atoms with van der Waals surface area (Å²) in [5, 5.41) is 0. The molecule has 1 aromatic carbocycles. The number of carbonyl (C=O) groups excluding carboxylic acids is 2. The van der Waals surface area contributed by atoms with Crippen molar-refractivity contribution in [2.45, 2.75) is 74.1 Å². The Bertz CT molecular complexity index is 1070. The van der Waals surface area contributed by atoms with Crippen LogP contribution in [0.25, 0.3) is 12.2 Å². The van der Waals surface area contributed by atoms with Gasteiger partial charge in [0.25, 0.3) is 0 Å². The first kappa shape index (κ1) is 21.9. The standard InChI is InChI=1S/C30H38O2/c1-18(25-16-22-17-29(6,19(2)31)30(22,25)7)14-20-8-10-21(11-9-20)15-23-24-12-13-28(5,26(23)32)27(24,3)4/h8-11,14-15,22,24-25H,12-13,16-17H2,1-7H3/b18-14-,23-15+. The lowest BCUT2D eigenvalue weighted by molar-refractivity contribution is -0.224. The highest BCUT2D eigenvalue weighted by Crippen LogP contribution is 2.75. The second kappa shape index (κ2) is 6.55. The third kappa shape index (κ3) is 2.47. The molecule has 4 aliphatic carbocycles. The van der Waals surface area contributed by atoms with Crippen LogP contribution in [0.4, 0.5) is 0 Å². The lowest BCUT2D eigenvalue weighted by Gasteiger charge is -2.72. The van der Waals surface area contributed by atoms with Gasteiger partial charge in [0.05, 0.1) is 0 Å². The number of allylic oxidation sites excluding steroid dienone is 2. The molecule has 170 valence electrons. The maximum Gasteiger partial charge on any atom is 0.165 e. The first-order valence-corrected chi connectivity index (χ1v) is 12.4. The van der Waals surface area contributed by atoms with Gasteiger partial charge in [-0.2, -0.15) is 0 Å². The molecule has 4 fully saturated rings. The monoisotopic (exact) mass is 430 g/mol. The average Bonchev–Trinajstić information content (AvgIpc) is 3.05. The van der Waals surface area contributed by atoms with Gasteiger partial charge in [0.2, 0.25) is 0 Å². The average molecular weight is 431 g/mol. The molecule has 0 radical (unpaired) electrons. The minimum atomic E-state index is -0.198. The Morgan fingerprint density at radius 2 is 1.62 bits per heavy atom. The third-order valence-electron chi connectivity index (χ3n) is 11.3. The largest absolute Gasteiger partial charge is 0.299 e. The molecule has 0 amide bonds. The van der Waals surface area contributed by atoms with Crippen LogP contribution in [0, 0.1) is 39.4 Å². The first-order valence-electron chi connectivity index (χ1n) is 12.4. The molecule has 4 aliphatic rings. The van der Waals surface area contributed by atoms with Gasteiger partial charge in [0.1, 0.15) is 5.78 Å². The van der Waals surface area contributed by atoms with Crippen molar-refractivity contribution in [1.29, 1.82) is 0 Å². The van der Waals surface area contributed by atoms with Crippen LogP contribution in [0.5, 0.6) is 0 Å². The van der Waals surface area contributed by atoms with Gasteiger partial charge >= 0.3 is 0 Å². The van der Waals surface area contributed by atoms with Gasteiger partial charge in [-0.05, 0) is 90.9 Å². The summed E-state index contributed by atoms with van der Waals surface area (Å²) in [5.41, 5.74) is 4.56. The van der Waals surface area contributed by atoms with Gasteiger partial charge in [0.15, 0.2) is 5.78 Å². The van der Waals surface area contributed by atoms with Crippen LogP contribution in [0.15, 0.2) is 35.4 Å². The predicted molar refractivity (Wildman–Crippen MR) is 131 cm³/mol. The van der Waals surface area contributed by atoms with Crippen LogP contribution in [-0.2, 0) is 9.59 Å². The molecule has 0 aromatic heterocycles. The van der Waals surface area contributed by atoms with E-state index in [0.717, 1.165) is 30.4 Å². The maximum absolute atomic E-state index is 13.1. The fourth-order valence-electron chi connectivity index (χ4n) is 8.12. The van der Waals surface area contributed by atoms with Gasteiger partial charge in [-0.3, -0.25) is 9.59 Å². The van der Waals surface area contributed by atoms with E-state index in [0.29, 0.717) is 29.3 Å². The predicted octanol–water partition coefficient (Wildman–Crippen LogP) is 7.14. The fourth-order valence-corrected chi connectivity index (χ4v) is 8.12. The van der Waals surface area contributed by atoms with Crippen molar-refractivity contribution < 1.29 is 9.59 Å². The van der Waals surface area contributed by atoms with E-state index in [1.165, 1.54) is 17.6 Å². The van der Waals surface area contributed by atoms with E-state index in [1.54, 1.807) is 6.92 Å². The molecule has 32 heavy (non-hydrogen) atoms. The third-order valence-corrected chi connectivity index (χ3v) is 11.3. The molecule has 1 aromatic rings. The van der Waals surface area contributed by atoms with E-state index in [9.17, 15) is 9.59 Å². The summed E-state index contributed by atoms with van der Waals surface area (Å²) in [7, 11) is 0. The molecule has 4 saturated carbocycles. The Balaban J connectivity index is 1.35. The Morgan fingerprint density at radius 3 is 2.16 bits per heavy atom. The second-order valence-corrected chi connectivity index (χ2v) is 12.5. The number of fused-ring (bicyclic) bond motifs is 3. The van der Waals surface area contributed by atoms with Crippen molar-refractivity contribution in [3.8, 4) is 0 Å². The van der Waals surface area contributed by atoms with Crippen molar-refractivity contribution >= 4 is 23.7 Å². The molecule has 5 rings (SSSR count). The molecule has 0 aliphatic heterocycles. The number of carbonyl (C=O) groups is 2. The fraction of sp³-hybridized carbons (Fsp3) is 0.600. The minimum absolute atomic E-state index is 0.0579. The van der Waals surface area contributed by atoms with E-state index < -0.39 is 0 Å². The smallest absolute Gasteiger partial charge is 0.165 e. The van der Waals surface area contributed by atoms with E-state index >= 15 is 0 Å². The van der Waals surface area contributed by atoms with E-state index in [4.69, 9.17) is 0 Å². The minimum Gasteiger partial charge on any atom is -0.299 e. The van der Waals surface area contributed by atoms with Crippen LogP contribution in [0.2, 0.25) is 0 Å². The van der Waals surface area contributed by atoms with Gasteiger partial charge < -0.3 is 0 Å². The highest BCUT2D eigenvalue weighted by Gasteiger charge is 2.71. The highest BCUT2D eigenvalue weighted by atomic mass is 16.1. The van der Waals surface area contributed by atoms with Crippen LogP contribution < -0.4 is 0 Å². The molecule has 2 nitrogen and oxygen atoms in total. The van der Waals surface area contributed by atoms with Crippen molar-refractivity contribution in [2.75, 3.05) is 0 Å². The van der Waals surface area contributed by atoms with Crippen molar-refractivity contribution in [1.82, 2.24) is 0 Å². The quantitative estimate of drug-likeness (QED) is 0.476. The summed E-state index contributed by atoms with van der Waals surface area (Å²) in [4.78, 5) is 25.5. The molecule has 6 atom stereocenters. The van der Waals surface area contributed by atoms with Crippen molar-refractivity contribution in [3.63, 3.8) is 0 Å². The molecule has 2 heteroatoms. The lowest BCUT2D eigenvalue weighted by Crippen LogP contribution is -2.69. The zero-order valence-corrected chi connectivity index (χ0v) is 20.8. The molecule has 0 heterocycles. The molecule has 0 saturated heterocycles. The summed E-state index contributed by atoms with van der Waals surface area (Å²) in [6.45, 7) is 15.2. The summed E-state index contributed by atoms with van der Waals surface area (Å²) >= 11 is 0. The number of hydrogen-bond donors (Lipinski definition) is 0. The SMILES string of the molecule is CC(=O)C1(C)CC2CC(/C(C)=C\c3ccc(/C=C4/C(=O)C5(C)CCC4C5(C)C)cc3)C21C. The normalized spacial score (nSPS) is 43.1. The second-order valence-electron chi connectivity index (χ2n) is 12.5. The van der Waals surface area contributed by atoms with E-state index in [2.05, 4.69) is 78.0 Å². The summed E-state index contributed by atoms with van der Waals surface area (Å²) in [6, 6.07) is 8.64. The van der Waals surface area contributed by atoms with E-state index in [-0.39, 0.29) is 21.7 Å². The Hall–Kier alpha value is -1.96. The Morgan fingerprint density at radius 1 is 1.00 bits per heavy atom. The molecular formula is C30H38O2. The molecular weight excluding hydrogens is 392 g/mol. The number of benzene rings is 1. The van der Waals surface area contributed by atoms with Crippen LogP contribution >= 0.6 is 0 Å². The first-order chi connectivity index (χ1) is 14.9. The number of hydrogen-bond acceptors (Lipinski definition) is 2. The van der Waals surface area contributed by atoms with Gasteiger partial charge in [-0.1, -0.05) is 70.5 Å². The number of rotatable bonds is 4. The molecule has 6 unspecified atom stereocenters. The van der Waals surface area contributed by atoms with Gasteiger partial charge in [0, 0.05) is 10.8 Å². The Labute approximate surface area is 193 Å². The summed E-state index contributed by atoms with van der Waals surface area (Å²) in [5.74, 6) is 2.28. The molecule has 0 spiro atoms. The molecule has 2 bridgehead atoms. The van der Waals surface area contributed by atoms with Crippen LogP contribution in [-0.4, -0.2) is 11.6 Å². The van der Waals surface area contributed by atoms with Crippen molar-refractivity contribution in [3.05, 3.63) is 46.5 Å². The van der Waals surface area contributed by atoms with Crippen molar-refractivity contribution in [2.24, 2.45) is 39.4 Å². The lowest BCUT2D eigenvalue weighted by atomic mass is 9.31. The van der Waals surface area contributed by atoms with E-state index in [1.807, 2.05) is 0 Å². The zero-order valence-electron chi connectivity index (χ0n) is 20.8. The number of ketones is 2. The van der Waals surface area contributed by atoms with Crippen LogP contribution in [0.1, 0.15) is 85.3 Å². The number of Topliss-reactive ketones (excluding diaryl/α,β-unsaturated/α-hetero) is 2. The Kier molecular flexibility index (Phi) is 4.48. The summed E-state index contributed by atoms with van der Waals surface area (Å²) < 4.78 is 0. The van der Waals surface area contributed by atoms with Crippen LogP contribution in [0.3, 0.4) is 0 Å². The van der Waals surface area contributed by atoms with Gasteiger partial charge in [-0.25, -0.2) is 0 Å². The van der Waals surface area contributed by atoms with Gasteiger partial charge in [-0.15, -0.1) is 0 Å². The topological polar surface area (TPSA) is 34.1 Å².